The smallest absolute Gasteiger partial charge is 0.431 e. The third-order valence-electron chi connectivity index (χ3n) is 10.3. The highest BCUT2D eigenvalue weighted by molar-refractivity contribution is 5.60. The van der Waals surface area contributed by atoms with Crippen molar-refractivity contribution in [1.82, 2.24) is 10.1 Å². The molecule has 0 atom stereocenters. The maximum Gasteiger partial charge on any atom is 0.508 e. The lowest BCUT2D eigenvalue weighted by atomic mass is 9.80. The molecule has 2 aliphatic rings. The fourth-order valence-corrected chi connectivity index (χ4v) is 8.43. The maximum absolute atomic E-state index is 13.2. The molecule has 2 heterocycles. The van der Waals surface area contributed by atoms with Crippen LogP contribution in [0.3, 0.4) is 0 Å². The maximum atomic E-state index is 13.2. The molecule has 280 valence electrons. The molecular formula is C41H76N2O5. The fourth-order valence-electron chi connectivity index (χ4n) is 8.43. The van der Waals surface area contributed by atoms with Gasteiger partial charge in [0.25, 0.3) is 0 Å². The van der Waals surface area contributed by atoms with Crippen LogP contribution < -0.4 is 0 Å². The van der Waals surface area contributed by atoms with Crippen LogP contribution in [0.25, 0.3) is 0 Å². The molecule has 0 N–H and O–H groups in total. The standard InChI is InChI=1S/C41H76N2O5/c1-11-13-15-17-19-21-23-25-27-29-45-42-38(3,4)31-35(32-39(42,5)6)47-37(44)48-36-33-40(7,8)43(41(9,10)34-36)46-30-28-26-24-22-20-18-16-14-12-2/h1-2,35-36H,11-34H2,3-10H3. The van der Waals surface area contributed by atoms with E-state index < -0.39 is 6.16 Å². The molecule has 0 amide bonds. The van der Waals surface area contributed by atoms with Gasteiger partial charge in [0.1, 0.15) is 12.2 Å². The van der Waals surface area contributed by atoms with Crippen LogP contribution >= 0.6 is 0 Å². The Morgan fingerprint density at radius 2 is 0.729 bits per heavy atom. The third-order valence-corrected chi connectivity index (χ3v) is 10.3. The first kappa shape index (κ1) is 43.3. The molecule has 0 spiro atoms. The van der Waals surface area contributed by atoms with Gasteiger partial charge in [-0.15, -0.1) is 0 Å². The summed E-state index contributed by atoms with van der Waals surface area (Å²) < 4.78 is 12.0. The summed E-state index contributed by atoms with van der Waals surface area (Å²) in [6.45, 7) is 30.1. The van der Waals surface area contributed by atoms with Gasteiger partial charge in [0, 0.05) is 47.8 Å². The van der Waals surface area contributed by atoms with Gasteiger partial charge >= 0.3 is 6.16 Å². The van der Waals surface area contributed by atoms with Crippen molar-refractivity contribution in [3.63, 3.8) is 0 Å². The van der Waals surface area contributed by atoms with Crippen molar-refractivity contribution >= 4 is 6.16 Å². The summed E-state index contributed by atoms with van der Waals surface area (Å²) in [7, 11) is 0. The lowest BCUT2D eigenvalue weighted by molar-refractivity contribution is -0.296. The average molecular weight is 677 g/mol. The second-order valence-corrected chi connectivity index (χ2v) is 17.3. The van der Waals surface area contributed by atoms with E-state index >= 15 is 0 Å². The number of hydrogen-bond acceptors (Lipinski definition) is 7. The van der Waals surface area contributed by atoms with Gasteiger partial charge in [-0.05, 0) is 94.9 Å². The molecule has 0 saturated carbocycles. The Morgan fingerprint density at radius 3 is 1.00 bits per heavy atom. The molecule has 48 heavy (non-hydrogen) atoms. The van der Waals surface area contributed by atoms with Crippen LogP contribution in [0.4, 0.5) is 4.79 Å². The summed E-state index contributed by atoms with van der Waals surface area (Å²) >= 11 is 0. The summed E-state index contributed by atoms with van der Waals surface area (Å²) in [5, 5.41) is 4.31. The van der Waals surface area contributed by atoms with Gasteiger partial charge in [0.05, 0.1) is 13.2 Å². The minimum absolute atomic E-state index is 0.225. The number of carbonyl (C=O) groups is 1. The Hall–Kier alpha value is -0.890. The summed E-state index contributed by atoms with van der Waals surface area (Å²) in [6, 6.07) is 0. The van der Waals surface area contributed by atoms with E-state index in [0.29, 0.717) is 25.7 Å². The number of rotatable bonds is 24. The molecule has 2 fully saturated rings. The molecule has 7 nitrogen and oxygen atoms in total. The molecule has 0 aromatic rings. The highest BCUT2D eigenvalue weighted by Gasteiger charge is 2.50. The first-order chi connectivity index (χ1) is 22.6. The van der Waals surface area contributed by atoms with Gasteiger partial charge < -0.3 is 9.47 Å². The van der Waals surface area contributed by atoms with Crippen molar-refractivity contribution in [2.75, 3.05) is 13.2 Å². The molecule has 0 aromatic carbocycles. The molecule has 2 rings (SSSR count). The van der Waals surface area contributed by atoms with Crippen molar-refractivity contribution in [2.45, 2.75) is 231 Å². The highest BCUT2D eigenvalue weighted by Crippen LogP contribution is 2.42. The molecule has 0 aromatic heterocycles. The average Bonchev–Trinajstić information content (AvgIpc) is 2.96. The van der Waals surface area contributed by atoms with Crippen LogP contribution in [-0.4, -0.2) is 63.9 Å². The van der Waals surface area contributed by atoms with Crippen LogP contribution in [0.2, 0.25) is 0 Å². The number of piperidine rings is 2. The SMILES string of the molecule is [CH]CCCCCCCCCCON1C(C)(C)CC(OC(=O)OC2CC(C)(C)N(OCCCCCCCCCC[CH])C(C)(C)C2)CC1(C)C. The van der Waals surface area contributed by atoms with E-state index in [1.165, 1.54) is 77.0 Å². The van der Waals surface area contributed by atoms with E-state index in [0.717, 1.165) is 51.7 Å². The fraction of sp³-hybridized carbons (Fsp3) is 0.927. The summed E-state index contributed by atoms with van der Waals surface area (Å²) in [5.74, 6) is 0. The topological polar surface area (TPSA) is 60.5 Å². The van der Waals surface area contributed by atoms with Crippen molar-refractivity contribution in [2.24, 2.45) is 0 Å². The van der Waals surface area contributed by atoms with E-state index in [1.807, 2.05) is 0 Å². The lowest BCUT2D eigenvalue weighted by Gasteiger charge is -2.54. The number of hydroxylamine groups is 4. The Bertz CT molecular complexity index is 769. The Labute approximate surface area is 297 Å². The van der Waals surface area contributed by atoms with Gasteiger partial charge in [-0.1, -0.05) is 89.9 Å². The molecule has 0 aliphatic carbocycles. The zero-order valence-corrected chi connectivity index (χ0v) is 32.7. The monoisotopic (exact) mass is 677 g/mol. The van der Waals surface area contributed by atoms with Crippen molar-refractivity contribution in [3.8, 4) is 0 Å². The number of nitrogens with zero attached hydrogens (tertiary/aromatic N) is 2. The van der Waals surface area contributed by atoms with E-state index in [9.17, 15) is 4.79 Å². The van der Waals surface area contributed by atoms with Crippen LogP contribution in [0.5, 0.6) is 0 Å². The van der Waals surface area contributed by atoms with Crippen LogP contribution in [0.15, 0.2) is 0 Å². The summed E-state index contributed by atoms with van der Waals surface area (Å²) in [5.41, 5.74) is -1.08. The Kier molecular flexibility index (Phi) is 19.4. The van der Waals surface area contributed by atoms with Gasteiger partial charge in [0.2, 0.25) is 0 Å². The van der Waals surface area contributed by atoms with Crippen LogP contribution in [0, 0.1) is 13.8 Å². The van der Waals surface area contributed by atoms with Gasteiger partial charge in [-0.3, -0.25) is 9.68 Å². The minimum atomic E-state index is -0.557. The quantitative estimate of drug-likeness (QED) is 0.0745. The molecule has 0 unspecified atom stereocenters. The molecule has 2 saturated heterocycles. The largest absolute Gasteiger partial charge is 0.508 e. The minimum Gasteiger partial charge on any atom is -0.431 e. The molecule has 0 bridgehead atoms. The Balaban J connectivity index is 1.74. The first-order valence-electron chi connectivity index (χ1n) is 19.8. The second kappa shape index (κ2) is 21.5. The number of carbonyl (C=O) groups excluding carboxylic acids is 1. The second-order valence-electron chi connectivity index (χ2n) is 17.3. The van der Waals surface area contributed by atoms with E-state index in [1.54, 1.807) is 0 Å². The number of unbranched alkanes of at least 4 members (excludes halogenated alkanes) is 16. The number of hydrogen-bond donors (Lipinski definition) is 0. The van der Waals surface area contributed by atoms with Crippen LogP contribution in [-0.2, 0) is 19.1 Å². The van der Waals surface area contributed by atoms with Crippen molar-refractivity contribution < 1.29 is 23.9 Å². The molecule has 2 aliphatic heterocycles. The highest BCUT2D eigenvalue weighted by atomic mass is 16.7. The van der Waals surface area contributed by atoms with E-state index in [4.69, 9.17) is 33.0 Å². The predicted molar refractivity (Wildman–Crippen MR) is 197 cm³/mol. The lowest BCUT2D eigenvalue weighted by Crippen LogP contribution is -2.62. The van der Waals surface area contributed by atoms with Crippen molar-refractivity contribution in [3.05, 3.63) is 13.8 Å². The van der Waals surface area contributed by atoms with E-state index in [2.05, 4.69) is 65.5 Å². The first-order valence-corrected chi connectivity index (χ1v) is 19.8. The number of ether oxygens (including phenoxy) is 2. The Morgan fingerprint density at radius 1 is 0.479 bits per heavy atom. The van der Waals surface area contributed by atoms with Crippen molar-refractivity contribution in [1.29, 1.82) is 0 Å². The zero-order chi connectivity index (χ0) is 35.7. The summed E-state index contributed by atoms with van der Waals surface area (Å²) in [4.78, 5) is 26.0. The molecule has 7 heteroatoms. The molecule has 4 radical (unpaired) electrons. The third kappa shape index (κ3) is 15.6. The van der Waals surface area contributed by atoms with Crippen LogP contribution in [0.1, 0.15) is 197 Å². The van der Waals surface area contributed by atoms with Gasteiger partial charge in [-0.2, -0.15) is 10.1 Å². The van der Waals surface area contributed by atoms with Gasteiger partial charge in [-0.25, -0.2) is 4.79 Å². The molecular weight excluding hydrogens is 600 g/mol. The van der Waals surface area contributed by atoms with Gasteiger partial charge in [0.15, 0.2) is 0 Å². The zero-order valence-electron chi connectivity index (χ0n) is 32.7. The normalized spacial score (nSPS) is 21.4. The summed E-state index contributed by atoms with van der Waals surface area (Å²) in [6.07, 6.45) is 23.0. The predicted octanol–water partition coefficient (Wildman–Crippen LogP) is 11.5. The van der Waals surface area contributed by atoms with E-state index in [-0.39, 0.29) is 34.4 Å².